The molecule has 1 saturated heterocycles. The second kappa shape index (κ2) is 27.3. The quantitative estimate of drug-likeness (QED) is 0.102. The lowest BCUT2D eigenvalue weighted by Crippen LogP contribution is -2.48. The van der Waals surface area contributed by atoms with Gasteiger partial charge in [0.15, 0.2) is 0 Å². The Morgan fingerprint density at radius 1 is 0.885 bits per heavy atom. The smallest absolute Gasteiger partial charge is 0.528 e. The van der Waals surface area contributed by atoms with Crippen LogP contribution < -0.4 is 5.73 Å². The second-order valence-corrected chi connectivity index (χ2v) is 13.5. The molecule has 61 heavy (non-hydrogen) atoms. The largest absolute Gasteiger partial charge is 0.762 e. The number of piperazine rings is 1. The Labute approximate surface area is 362 Å². The van der Waals surface area contributed by atoms with Crippen molar-refractivity contribution in [1.82, 2.24) is 9.80 Å². The molecule has 0 spiro atoms. The first-order valence-corrected chi connectivity index (χ1v) is 20.1. The first kappa shape index (κ1) is 49.7. The van der Waals surface area contributed by atoms with Gasteiger partial charge in [-0.3, -0.25) is 0 Å². The van der Waals surface area contributed by atoms with Gasteiger partial charge in [-0.1, -0.05) is 97.8 Å². The molecule has 0 unspecified atom stereocenters. The Morgan fingerprint density at radius 3 is 1.90 bits per heavy atom. The molecular weight excluding hydrogens is 759 g/mol. The molecule has 11 nitrogen and oxygen atoms in total. The lowest BCUT2D eigenvalue weighted by molar-refractivity contribution is 0.0873. The maximum Gasteiger partial charge on any atom is 0.528 e. The molecule has 0 radical (unpaired) electrons. The zero-order chi connectivity index (χ0) is 45.2. The number of hydrogen-bond donors (Lipinski definition) is 1. The predicted molar refractivity (Wildman–Crippen MR) is 244 cm³/mol. The Balaban J connectivity index is 0.00000170. The fourth-order valence-electron chi connectivity index (χ4n) is 6.20. The number of aryl methyl sites for hydroxylation is 2. The van der Waals surface area contributed by atoms with E-state index < -0.39 is 0 Å². The van der Waals surface area contributed by atoms with Crippen molar-refractivity contribution in [3.63, 3.8) is 0 Å². The third-order valence-electron chi connectivity index (χ3n) is 9.29. The molecule has 0 bridgehead atoms. The number of rotatable bonds is 11. The van der Waals surface area contributed by atoms with Gasteiger partial charge >= 0.3 is 11.9 Å². The number of hydrogen-bond acceptors (Lipinski definition) is 7. The molecule has 312 valence electrons. The van der Waals surface area contributed by atoms with Gasteiger partial charge in [0.2, 0.25) is 0 Å². The van der Waals surface area contributed by atoms with E-state index in [1.54, 1.807) is 60.4 Å². The van der Waals surface area contributed by atoms with Crippen molar-refractivity contribution < 1.29 is 9.53 Å². The first-order chi connectivity index (χ1) is 29.5. The van der Waals surface area contributed by atoms with E-state index in [9.17, 15) is 26.0 Å². The van der Waals surface area contributed by atoms with Crippen LogP contribution in [0.15, 0.2) is 124 Å². The van der Waals surface area contributed by atoms with Crippen molar-refractivity contribution in [2.24, 2.45) is 5.73 Å². The van der Waals surface area contributed by atoms with Crippen LogP contribution in [0, 0.1) is 67.4 Å². The molecule has 4 rings (SSSR count). The number of allylic oxidation sites excluding steroid dienone is 13. The Hall–Kier alpha value is -7.45. The van der Waals surface area contributed by atoms with Crippen molar-refractivity contribution in [3.05, 3.63) is 181 Å². The molecule has 1 aliphatic heterocycles. The van der Waals surface area contributed by atoms with Crippen molar-refractivity contribution in [1.29, 1.82) is 15.8 Å². The number of nitrogens with zero attached hydrogens (tertiary/aromatic N) is 8. The number of ether oxygens (including phenoxy) is 1. The van der Waals surface area contributed by atoms with Gasteiger partial charge in [0.25, 0.3) is 0 Å². The van der Waals surface area contributed by atoms with Crippen LogP contribution in [-0.2, 0) is 4.74 Å². The Bertz CT molecular complexity index is 2310. The molecular formula is C50H53N9O2-2. The van der Waals surface area contributed by atoms with Gasteiger partial charge in [0.05, 0.1) is 41.0 Å². The Morgan fingerprint density at radius 2 is 1.44 bits per heavy atom. The summed E-state index contributed by atoms with van der Waals surface area (Å²) >= 11 is 0. The summed E-state index contributed by atoms with van der Waals surface area (Å²) in [6.45, 7) is 30.0. The van der Waals surface area contributed by atoms with Crippen molar-refractivity contribution in [3.8, 4) is 18.2 Å². The first-order valence-electron chi connectivity index (χ1n) is 20.1. The highest BCUT2D eigenvalue weighted by Crippen LogP contribution is 2.36. The highest BCUT2D eigenvalue weighted by atomic mass is 16.6. The average Bonchev–Trinajstić information content (AvgIpc) is 3.68. The molecule has 1 fully saturated rings. The molecule has 1 aliphatic carbocycles. The molecule has 11 heteroatoms. The van der Waals surface area contributed by atoms with Crippen LogP contribution in [0.4, 0.5) is 4.79 Å². The zero-order valence-corrected chi connectivity index (χ0v) is 36.0. The summed E-state index contributed by atoms with van der Waals surface area (Å²) in [6, 6.07) is 20.9. The summed E-state index contributed by atoms with van der Waals surface area (Å²) in [6.07, 6.45) is 14.9. The molecule has 1 heterocycles. The number of unbranched alkanes of at least 4 members (excludes halogenated alkanes) is 1. The molecule has 2 aromatic carbocycles. The van der Waals surface area contributed by atoms with E-state index in [0.717, 1.165) is 34.5 Å². The van der Waals surface area contributed by atoms with Gasteiger partial charge in [-0.2, -0.15) is 38.8 Å². The van der Waals surface area contributed by atoms with E-state index in [0.29, 0.717) is 50.1 Å². The van der Waals surface area contributed by atoms with Crippen molar-refractivity contribution in [2.45, 2.75) is 60.8 Å². The summed E-state index contributed by atoms with van der Waals surface area (Å²) in [5, 5.41) is 39.8. The molecule has 0 saturated carbocycles. The van der Waals surface area contributed by atoms with Crippen LogP contribution >= 0.6 is 0 Å². The number of carbonyl (C=O) groups is 1. The number of nitriles is 3. The SMILES string of the molecule is CCN.C[CH-]CC.[C-]#[N+]C([N+]#[C-])=C(/C(C#N)=C/C=C/C1=C(N2CCN(C(=O)OCC)CC2)C(=C/C=C/C(C#N)=C(/C(=C=[N-])C#N)c2ccc(C)cc2)CC1)c1ccc(C)cc1. The van der Waals surface area contributed by atoms with E-state index in [1.807, 2.05) is 69.1 Å². The maximum absolute atomic E-state index is 12.4. The van der Waals surface area contributed by atoms with Crippen molar-refractivity contribution in [2.75, 3.05) is 39.3 Å². The second-order valence-electron chi connectivity index (χ2n) is 13.5. The Kier molecular flexibility index (Phi) is 22.2. The van der Waals surface area contributed by atoms with E-state index >= 15 is 0 Å². The molecule has 2 aliphatic rings. The van der Waals surface area contributed by atoms with Crippen LogP contribution in [0.25, 0.3) is 26.2 Å². The summed E-state index contributed by atoms with van der Waals surface area (Å²) in [5.74, 6) is 1.74. The number of benzene rings is 2. The number of carbonyl (C=O) groups excluding carboxylic acids is 1. The van der Waals surface area contributed by atoms with Crippen LogP contribution in [0.1, 0.15) is 69.2 Å². The number of nitrogens with two attached hydrogens (primary N) is 1. The minimum absolute atomic E-state index is 0.161. The normalized spacial score (nSPS) is 14.5. The van der Waals surface area contributed by atoms with E-state index in [1.165, 1.54) is 6.42 Å². The third-order valence-corrected chi connectivity index (χ3v) is 9.29. The van der Waals surface area contributed by atoms with E-state index in [2.05, 4.69) is 47.0 Å². The maximum atomic E-state index is 12.4. The lowest BCUT2D eigenvalue weighted by atomic mass is 9.93. The highest BCUT2D eigenvalue weighted by Gasteiger charge is 2.28. The molecule has 0 aromatic heterocycles. The van der Waals surface area contributed by atoms with Gasteiger partial charge in [0, 0.05) is 37.4 Å². The zero-order valence-electron chi connectivity index (χ0n) is 36.0. The molecule has 2 aromatic rings. The fraction of sp³-hybridized carbons (Fsp3) is 0.300. The lowest BCUT2D eigenvalue weighted by Gasteiger charge is -2.37. The minimum Gasteiger partial charge on any atom is -0.762 e. The topological polar surface area (TPSA) is 161 Å². The van der Waals surface area contributed by atoms with Gasteiger partial charge in [-0.15, -0.1) is 0 Å². The molecule has 0 atom stereocenters. The predicted octanol–water partition coefficient (Wildman–Crippen LogP) is 10.4. The average molecular weight is 812 g/mol. The number of amides is 1. The summed E-state index contributed by atoms with van der Waals surface area (Å²) < 4.78 is 5.22. The van der Waals surface area contributed by atoms with Crippen molar-refractivity contribution >= 4 is 23.1 Å². The van der Waals surface area contributed by atoms with E-state index in [4.69, 9.17) is 23.6 Å². The van der Waals surface area contributed by atoms with Gasteiger partial charge < -0.3 is 32.1 Å². The summed E-state index contributed by atoms with van der Waals surface area (Å²) in [7, 11) is 0. The van der Waals surface area contributed by atoms with Gasteiger partial charge in [-0.25, -0.2) is 10.7 Å². The van der Waals surface area contributed by atoms with Gasteiger partial charge in [0.1, 0.15) is 19.2 Å². The van der Waals surface area contributed by atoms with Crippen LogP contribution in [0.3, 0.4) is 0 Å². The summed E-state index contributed by atoms with van der Waals surface area (Å²) in [4.78, 5) is 23.1. The third kappa shape index (κ3) is 14.7. The minimum atomic E-state index is -0.354. The van der Waals surface area contributed by atoms with Crippen LogP contribution in [-0.4, -0.2) is 61.1 Å². The van der Waals surface area contributed by atoms with E-state index in [-0.39, 0.29) is 46.4 Å². The standard InChI is InChI=1S/C44H37N8O2.C4H9.C2H7N/c1-6-54-44(53)52-25-23-51(24-26-52)42-35(9-7-11-37(27-45)40(39(29-47)30-48)33-17-13-31(2)14-18-33)21-22-36(42)10-8-12-38(28-46)41(43(49-4)50-5)34-19-15-32(3)16-20-34;1-3-4-2;1-2-3/h7-20H,6,21-26H2,1-3H3;3H,4H2,1-2H3;2-3H2,1H3/q2*-1;/b10-8+,11-7+,35-9?,38-12+,40-37-;;. The highest BCUT2D eigenvalue weighted by molar-refractivity contribution is 5.97. The molecule has 2 N–H and O–H groups in total. The van der Waals surface area contributed by atoms with Gasteiger partial charge in [-0.05, 0) is 74.6 Å². The van der Waals surface area contributed by atoms with Crippen LogP contribution in [0.2, 0.25) is 0 Å². The summed E-state index contributed by atoms with van der Waals surface area (Å²) in [5.41, 5.74) is 11.7. The fourth-order valence-corrected chi connectivity index (χ4v) is 6.20. The van der Waals surface area contributed by atoms with Crippen LogP contribution in [0.5, 0.6) is 0 Å². The molecule has 1 amide bonds. The monoisotopic (exact) mass is 811 g/mol.